The van der Waals surface area contributed by atoms with Crippen molar-refractivity contribution in [2.24, 2.45) is 7.05 Å². The van der Waals surface area contributed by atoms with Gasteiger partial charge in [0.2, 0.25) is 0 Å². The van der Waals surface area contributed by atoms with Crippen LogP contribution >= 0.6 is 0 Å². The zero-order chi connectivity index (χ0) is 16.2. The Bertz CT molecular complexity index is 819. The Labute approximate surface area is 134 Å². The molecule has 0 fully saturated rings. The van der Waals surface area contributed by atoms with Gasteiger partial charge >= 0.3 is 0 Å². The normalized spacial score (nSPS) is 10.9. The number of nitrogens with one attached hydrogen (secondary N) is 1. The molecule has 1 aromatic carbocycles. The van der Waals surface area contributed by atoms with E-state index in [-0.39, 0.29) is 12.5 Å². The maximum atomic E-state index is 11.9. The van der Waals surface area contributed by atoms with E-state index in [4.69, 9.17) is 4.74 Å². The summed E-state index contributed by atoms with van der Waals surface area (Å²) in [6.07, 6.45) is 5.62. The minimum atomic E-state index is -0.129. The monoisotopic (exact) mass is 312 g/mol. The first kappa shape index (κ1) is 15.1. The molecule has 23 heavy (non-hydrogen) atoms. The number of amides is 1. The van der Waals surface area contributed by atoms with E-state index in [1.165, 1.54) is 0 Å². The highest BCUT2D eigenvalue weighted by atomic mass is 16.5. The average Bonchev–Trinajstić information content (AvgIpc) is 3.12. The van der Waals surface area contributed by atoms with Gasteiger partial charge in [0.05, 0.1) is 5.52 Å². The highest BCUT2D eigenvalue weighted by molar-refractivity contribution is 5.87. The Morgan fingerprint density at radius 1 is 1.30 bits per heavy atom. The molecule has 0 saturated heterocycles. The SMILES string of the molecule is Cc1nccn1CCNC(=O)COc1cccc2c1ccn2C. The van der Waals surface area contributed by atoms with Gasteiger partial charge in [-0.25, -0.2) is 4.98 Å². The highest BCUT2D eigenvalue weighted by Crippen LogP contribution is 2.25. The summed E-state index contributed by atoms with van der Waals surface area (Å²) in [5, 5.41) is 3.86. The molecule has 6 nitrogen and oxygen atoms in total. The number of hydrogen-bond acceptors (Lipinski definition) is 3. The van der Waals surface area contributed by atoms with E-state index in [1.807, 2.05) is 59.8 Å². The average molecular weight is 312 g/mol. The third-order valence-corrected chi connectivity index (χ3v) is 3.85. The highest BCUT2D eigenvalue weighted by Gasteiger charge is 2.07. The van der Waals surface area contributed by atoms with Gasteiger partial charge in [0.15, 0.2) is 6.61 Å². The maximum Gasteiger partial charge on any atom is 0.258 e. The zero-order valence-corrected chi connectivity index (χ0v) is 13.3. The Morgan fingerprint density at radius 3 is 2.96 bits per heavy atom. The number of rotatable bonds is 6. The van der Waals surface area contributed by atoms with E-state index in [0.29, 0.717) is 13.1 Å². The number of imidazole rings is 1. The van der Waals surface area contributed by atoms with Crippen molar-refractivity contribution in [1.29, 1.82) is 0 Å². The summed E-state index contributed by atoms with van der Waals surface area (Å²) in [5.74, 6) is 1.53. The van der Waals surface area contributed by atoms with Crippen LogP contribution in [0.1, 0.15) is 5.82 Å². The van der Waals surface area contributed by atoms with Gasteiger partial charge in [-0.15, -0.1) is 0 Å². The van der Waals surface area contributed by atoms with Gasteiger partial charge in [-0.3, -0.25) is 4.79 Å². The van der Waals surface area contributed by atoms with E-state index in [0.717, 1.165) is 22.5 Å². The van der Waals surface area contributed by atoms with Crippen LogP contribution in [-0.4, -0.2) is 33.2 Å². The molecular weight excluding hydrogens is 292 g/mol. The van der Waals surface area contributed by atoms with E-state index >= 15 is 0 Å². The lowest BCUT2D eigenvalue weighted by Gasteiger charge is -2.09. The van der Waals surface area contributed by atoms with Crippen molar-refractivity contribution in [3.05, 3.63) is 48.7 Å². The molecule has 3 aromatic rings. The van der Waals surface area contributed by atoms with Gasteiger partial charge in [0, 0.05) is 44.1 Å². The molecule has 120 valence electrons. The fraction of sp³-hybridized carbons (Fsp3) is 0.294. The number of benzene rings is 1. The summed E-state index contributed by atoms with van der Waals surface area (Å²) in [4.78, 5) is 16.0. The first-order valence-electron chi connectivity index (χ1n) is 7.56. The quantitative estimate of drug-likeness (QED) is 0.756. The van der Waals surface area contributed by atoms with Gasteiger partial charge < -0.3 is 19.2 Å². The van der Waals surface area contributed by atoms with E-state index < -0.39 is 0 Å². The number of nitrogens with zero attached hydrogens (tertiary/aromatic N) is 3. The second kappa shape index (κ2) is 6.56. The molecule has 0 aliphatic carbocycles. The minimum Gasteiger partial charge on any atom is -0.483 e. The van der Waals surface area contributed by atoms with Crippen LogP contribution in [0.4, 0.5) is 0 Å². The van der Waals surface area contributed by atoms with Crippen molar-refractivity contribution in [3.8, 4) is 5.75 Å². The Hall–Kier alpha value is -2.76. The topological polar surface area (TPSA) is 61.1 Å². The largest absolute Gasteiger partial charge is 0.483 e. The third-order valence-electron chi connectivity index (χ3n) is 3.85. The lowest BCUT2D eigenvalue weighted by Crippen LogP contribution is -2.31. The van der Waals surface area contributed by atoms with Crippen LogP contribution in [0.25, 0.3) is 10.9 Å². The van der Waals surface area contributed by atoms with Crippen molar-refractivity contribution in [1.82, 2.24) is 19.4 Å². The predicted molar refractivity (Wildman–Crippen MR) is 88.4 cm³/mol. The van der Waals surface area contributed by atoms with Crippen molar-refractivity contribution >= 4 is 16.8 Å². The molecule has 1 amide bonds. The van der Waals surface area contributed by atoms with E-state index in [9.17, 15) is 4.79 Å². The fourth-order valence-electron chi connectivity index (χ4n) is 2.55. The first-order chi connectivity index (χ1) is 11.1. The molecule has 3 rings (SSSR count). The van der Waals surface area contributed by atoms with Crippen molar-refractivity contribution in [3.63, 3.8) is 0 Å². The number of ether oxygens (including phenoxy) is 1. The van der Waals surface area contributed by atoms with Crippen LogP contribution in [-0.2, 0) is 18.4 Å². The summed E-state index contributed by atoms with van der Waals surface area (Å²) in [7, 11) is 1.98. The summed E-state index contributed by atoms with van der Waals surface area (Å²) in [6.45, 7) is 3.20. The number of hydrogen-bond donors (Lipinski definition) is 1. The second-order valence-corrected chi connectivity index (χ2v) is 5.42. The molecule has 0 radical (unpaired) electrons. The maximum absolute atomic E-state index is 11.9. The van der Waals surface area contributed by atoms with Crippen molar-refractivity contribution in [2.75, 3.05) is 13.2 Å². The summed E-state index contributed by atoms with van der Waals surface area (Å²) < 4.78 is 9.68. The summed E-state index contributed by atoms with van der Waals surface area (Å²) >= 11 is 0. The third kappa shape index (κ3) is 3.36. The van der Waals surface area contributed by atoms with Gasteiger partial charge in [-0.05, 0) is 25.1 Å². The molecular formula is C17H20N4O2. The zero-order valence-electron chi connectivity index (χ0n) is 13.3. The number of carbonyl (C=O) groups is 1. The molecule has 0 saturated carbocycles. The molecule has 0 unspecified atom stereocenters. The van der Waals surface area contributed by atoms with E-state index in [1.54, 1.807) is 6.20 Å². The molecule has 6 heteroatoms. The summed E-state index contributed by atoms with van der Waals surface area (Å²) in [6, 6.07) is 7.82. The molecule has 0 aliphatic heterocycles. The number of aryl methyl sites for hydroxylation is 2. The standard InChI is InChI=1S/C17H20N4O2/c1-13-18-7-10-21(13)11-8-19-17(22)12-23-16-5-3-4-15-14(16)6-9-20(15)2/h3-7,9-10H,8,11-12H2,1-2H3,(H,19,22). The van der Waals surface area contributed by atoms with Crippen LogP contribution in [0.5, 0.6) is 5.75 Å². The van der Waals surface area contributed by atoms with Crippen LogP contribution in [0, 0.1) is 6.92 Å². The Kier molecular flexibility index (Phi) is 4.32. The molecule has 1 N–H and O–H groups in total. The fourth-order valence-corrected chi connectivity index (χ4v) is 2.55. The van der Waals surface area contributed by atoms with E-state index in [2.05, 4.69) is 10.3 Å². The van der Waals surface area contributed by atoms with Gasteiger partial charge in [-0.1, -0.05) is 6.07 Å². The molecule has 0 aliphatic rings. The van der Waals surface area contributed by atoms with Crippen LogP contribution in [0.2, 0.25) is 0 Å². The number of aromatic nitrogens is 3. The molecule has 2 heterocycles. The second-order valence-electron chi connectivity index (χ2n) is 5.42. The molecule has 0 bridgehead atoms. The van der Waals surface area contributed by atoms with Crippen molar-refractivity contribution < 1.29 is 9.53 Å². The molecule has 0 atom stereocenters. The van der Waals surface area contributed by atoms with Crippen LogP contribution in [0.15, 0.2) is 42.9 Å². The molecule has 0 spiro atoms. The Balaban J connectivity index is 1.51. The van der Waals surface area contributed by atoms with Crippen LogP contribution < -0.4 is 10.1 Å². The first-order valence-corrected chi connectivity index (χ1v) is 7.56. The van der Waals surface area contributed by atoms with Crippen molar-refractivity contribution in [2.45, 2.75) is 13.5 Å². The summed E-state index contributed by atoms with van der Waals surface area (Å²) in [5.41, 5.74) is 1.08. The smallest absolute Gasteiger partial charge is 0.258 e. The predicted octanol–water partition coefficient (Wildman–Crippen LogP) is 1.88. The lowest BCUT2D eigenvalue weighted by molar-refractivity contribution is -0.123. The van der Waals surface area contributed by atoms with Gasteiger partial charge in [-0.2, -0.15) is 0 Å². The number of carbonyl (C=O) groups excluding carboxylic acids is 1. The number of fused-ring (bicyclic) bond motifs is 1. The Morgan fingerprint density at radius 2 is 2.17 bits per heavy atom. The van der Waals surface area contributed by atoms with Gasteiger partial charge in [0.25, 0.3) is 5.91 Å². The lowest BCUT2D eigenvalue weighted by atomic mass is 10.2. The van der Waals surface area contributed by atoms with Gasteiger partial charge in [0.1, 0.15) is 11.6 Å². The minimum absolute atomic E-state index is 0.0108. The molecule has 2 aromatic heterocycles. The van der Waals surface area contributed by atoms with Crippen LogP contribution in [0.3, 0.4) is 0 Å².